The molecule has 3 aromatic rings. The number of rotatable bonds is 5. The Morgan fingerprint density at radius 2 is 1.71 bits per heavy atom. The molecule has 1 heterocycles. The Balaban J connectivity index is 1.68. The van der Waals surface area contributed by atoms with Gasteiger partial charge in [-0.2, -0.15) is 0 Å². The van der Waals surface area contributed by atoms with Crippen LogP contribution in [0.15, 0.2) is 65.1 Å². The van der Waals surface area contributed by atoms with Crippen LogP contribution in [-0.2, 0) is 0 Å². The van der Waals surface area contributed by atoms with Crippen LogP contribution < -0.4 is 5.32 Å². The van der Waals surface area contributed by atoms with E-state index in [1.165, 1.54) is 5.56 Å². The van der Waals surface area contributed by atoms with Crippen molar-refractivity contribution in [3.8, 4) is 11.5 Å². The zero-order valence-electron chi connectivity index (χ0n) is 13.8. The lowest BCUT2D eigenvalue weighted by Crippen LogP contribution is -2.28. The summed E-state index contributed by atoms with van der Waals surface area (Å²) in [4.78, 5) is 16.8. The fraction of sp³-hybridized carbons (Fsp3) is 0.200. The first-order chi connectivity index (χ1) is 11.6. The van der Waals surface area contributed by atoms with Crippen molar-refractivity contribution in [3.05, 3.63) is 77.7 Å². The SMILES string of the molecule is Cc1oc(-c2ccccc2)nc1C(=O)NCC(C)c1ccccc1. The smallest absolute Gasteiger partial charge is 0.273 e. The summed E-state index contributed by atoms with van der Waals surface area (Å²) in [6.45, 7) is 4.39. The second kappa shape index (κ2) is 7.13. The lowest BCUT2D eigenvalue weighted by molar-refractivity contribution is 0.0946. The van der Waals surface area contributed by atoms with Crippen LogP contribution in [0.3, 0.4) is 0 Å². The molecular weight excluding hydrogens is 300 g/mol. The Bertz CT molecular complexity index is 810. The average molecular weight is 320 g/mol. The molecule has 0 radical (unpaired) electrons. The third kappa shape index (κ3) is 3.54. The molecule has 3 rings (SSSR count). The Morgan fingerprint density at radius 1 is 1.08 bits per heavy atom. The van der Waals surface area contributed by atoms with Gasteiger partial charge in [0.05, 0.1) is 0 Å². The molecule has 1 N–H and O–H groups in total. The number of nitrogens with one attached hydrogen (secondary N) is 1. The van der Waals surface area contributed by atoms with Crippen LogP contribution in [0.4, 0.5) is 0 Å². The monoisotopic (exact) mass is 320 g/mol. The highest BCUT2D eigenvalue weighted by Gasteiger charge is 2.18. The number of nitrogens with zero attached hydrogens (tertiary/aromatic N) is 1. The molecule has 24 heavy (non-hydrogen) atoms. The van der Waals surface area contributed by atoms with Gasteiger partial charge in [0.1, 0.15) is 5.76 Å². The minimum Gasteiger partial charge on any atom is -0.441 e. The van der Waals surface area contributed by atoms with E-state index < -0.39 is 0 Å². The molecule has 2 aromatic carbocycles. The summed E-state index contributed by atoms with van der Waals surface area (Å²) in [5, 5.41) is 2.94. The summed E-state index contributed by atoms with van der Waals surface area (Å²) in [5.74, 6) is 1.02. The lowest BCUT2D eigenvalue weighted by atomic mass is 10.0. The van der Waals surface area contributed by atoms with Gasteiger partial charge >= 0.3 is 0 Å². The van der Waals surface area contributed by atoms with Crippen molar-refractivity contribution in [2.24, 2.45) is 0 Å². The molecule has 1 unspecified atom stereocenters. The number of hydrogen-bond acceptors (Lipinski definition) is 3. The quantitative estimate of drug-likeness (QED) is 0.767. The Kier molecular flexibility index (Phi) is 4.75. The minimum absolute atomic E-state index is 0.207. The number of oxazole rings is 1. The third-order valence-electron chi connectivity index (χ3n) is 3.97. The van der Waals surface area contributed by atoms with Crippen molar-refractivity contribution in [1.29, 1.82) is 0 Å². The maximum Gasteiger partial charge on any atom is 0.273 e. The fourth-order valence-electron chi connectivity index (χ4n) is 2.54. The average Bonchev–Trinajstić information content (AvgIpc) is 3.03. The molecule has 4 nitrogen and oxygen atoms in total. The number of aryl methyl sites for hydroxylation is 1. The van der Waals surface area contributed by atoms with Gasteiger partial charge in [0.25, 0.3) is 5.91 Å². The van der Waals surface area contributed by atoms with Gasteiger partial charge in [0.2, 0.25) is 5.89 Å². The number of carbonyl (C=O) groups is 1. The van der Waals surface area contributed by atoms with Crippen LogP contribution in [0.25, 0.3) is 11.5 Å². The van der Waals surface area contributed by atoms with Gasteiger partial charge in [-0.3, -0.25) is 4.79 Å². The van der Waals surface area contributed by atoms with E-state index in [0.29, 0.717) is 23.9 Å². The van der Waals surface area contributed by atoms with E-state index >= 15 is 0 Å². The topological polar surface area (TPSA) is 55.1 Å². The van der Waals surface area contributed by atoms with Crippen LogP contribution in [0, 0.1) is 6.92 Å². The van der Waals surface area contributed by atoms with E-state index in [0.717, 1.165) is 5.56 Å². The molecule has 1 aromatic heterocycles. The van der Waals surface area contributed by atoms with Gasteiger partial charge < -0.3 is 9.73 Å². The first kappa shape index (κ1) is 16.0. The standard InChI is InChI=1S/C20H20N2O2/c1-14(16-9-5-3-6-10-16)13-21-19(23)18-15(2)24-20(22-18)17-11-7-4-8-12-17/h3-12,14H,13H2,1-2H3,(H,21,23). The van der Waals surface area contributed by atoms with Gasteiger partial charge in [-0.1, -0.05) is 55.5 Å². The normalized spacial score (nSPS) is 11.9. The molecule has 0 saturated heterocycles. The van der Waals surface area contributed by atoms with Gasteiger partial charge in [0, 0.05) is 12.1 Å². The molecule has 0 saturated carbocycles. The lowest BCUT2D eigenvalue weighted by Gasteiger charge is -2.12. The minimum atomic E-state index is -0.207. The van der Waals surface area contributed by atoms with Crippen LogP contribution in [-0.4, -0.2) is 17.4 Å². The fourth-order valence-corrected chi connectivity index (χ4v) is 2.54. The molecule has 0 bridgehead atoms. The summed E-state index contributed by atoms with van der Waals surface area (Å²) in [5.41, 5.74) is 2.39. The molecule has 0 spiro atoms. The number of amides is 1. The Hall–Kier alpha value is -2.88. The van der Waals surface area contributed by atoms with Gasteiger partial charge in [0.15, 0.2) is 5.69 Å². The zero-order chi connectivity index (χ0) is 16.9. The summed E-state index contributed by atoms with van der Waals surface area (Å²) in [6.07, 6.45) is 0. The van der Waals surface area contributed by atoms with E-state index in [9.17, 15) is 4.79 Å². The molecule has 0 aliphatic rings. The van der Waals surface area contributed by atoms with Crippen molar-refractivity contribution < 1.29 is 9.21 Å². The molecule has 0 fully saturated rings. The van der Waals surface area contributed by atoms with Crippen molar-refractivity contribution in [2.45, 2.75) is 19.8 Å². The van der Waals surface area contributed by atoms with Crippen LogP contribution in [0.2, 0.25) is 0 Å². The predicted octanol–water partition coefficient (Wildman–Crippen LogP) is 4.18. The summed E-state index contributed by atoms with van der Waals surface area (Å²) in [6, 6.07) is 19.7. The molecule has 0 aliphatic carbocycles. The van der Waals surface area contributed by atoms with E-state index in [1.807, 2.05) is 48.5 Å². The summed E-state index contributed by atoms with van der Waals surface area (Å²) >= 11 is 0. The van der Waals surface area contributed by atoms with Gasteiger partial charge in [-0.25, -0.2) is 4.98 Å². The number of benzene rings is 2. The summed E-state index contributed by atoms with van der Waals surface area (Å²) < 4.78 is 5.64. The Morgan fingerprint density at radius 3 is 2.38 bits per heavy atom. The van der Waals surface area contributed by atoms with Gasteiger partial charge in [-0.15, -0.1) is 0 Å². The van der Waals surface area contributed by atoms with E-state index in [2.05, 4.69) is 29.4 Å². The van der Waals surface area contributed by atoms with Gasteiger partial charge in [-0.05, 0) is 30.5 Å². The van der Waals surface area contributed by atoms with Crippen LogP contribution in [0.1, 0.15) is 34.7 Å². The maximum absolute atomic E-state index is 12.4. The molecule has 122 valence electrons. The largest absolute Gasteiger partial charge is 0.441 e. The number of aromatic nitrogens is 1. The van der Waals surface area contributed by atoms with Crippen molar-refractivity contribution in [1.82, 2.24) is 10.3 Å². The highest BCUT2D eigenvalue weighted by atomic mass is 16.4. The Labute approximate surface area is 141 Å². The number of carbonyl (C=O) groups excluding carboxylic acids is 1. The van der Waals surface area contributed by atoms with Crippen LogP contribution >= 0.6 is 0 Å². The highest BCUT2D eigenvalue weighted by molar-refractivity contribution is 5.93. The molecule has 0 aliphatic heterocycles. The zero-order valence-corrected chi connectivity index (χ0v) is 13.8. The second-order valence-corrected chi connectivity index (χ2v) is 5.81. The van der Waals surface area contributed by atoms with Crippen molar-refractivity contribution in [3.63, 3.8) is 0 Å². The van der Waals surface area contributed by atoms with E-state index in [4.69, 9.17) is 4.42 Å². The van der Waals surface area contributed by atoms with Crippen molar-refractivity contribution in [2.75, 3.05) is 6.54 Å². The van der Waals surface area contributed by atoms with E-state index in [1.54, 1.807) is 6.92 Å². The van der Waals surface area contributed by atoms with Crippen molar-refractivity contribution >= 4 is 5.91 Å². The molecular formula is C20H20N2O2. The maximum atomic E-state index is 12.4. The third-order valence-corrected chi connectivity index (χ3v) is 3.97. The molecule has 1 atom stereocenters. The van der Waals surface area contributed by atoms with E-state index in [-0.39, 0.29) is 11.8 Å². The predicted molar refractivity (Wildman–Crippen MR) is 93.9 cm³/mol. The second-order valence-electron chi connectivity index (χ2n) is 5.81. The molecule has 4 heteroatoms. The summed E-state index contributed by atoms with van der Waals surface area (Å²) in [7, 11) is 0. The highest BCUT2D eigenvalue weighted by Crippen LogP contribution is 2.21. The first-order valence-electron chi connectivity index (χ1n) is 8.01. The molecule has 1 amide bonds. The van der Waals surface area contributed by atoms with Crippen LogP contribution in [0.5, 0.6) is 0 Å². The first-order valence-corrected chi connectivity index (χ1v) is 8.01. The number of hydrogen-bond donors (Lipinski definition) is 1.